The Morgan fingerprint density at radius 3 is 2.36 bits per heavy atom. The van der Waals surface area contributed by atoms with Crippen LogP contribution in [-0.4, -0.2) is 19.6 Å². The van der Waals surface area contributed by atoms with Gasteiger partial charge in [-0.05, 0) is 54.1 Å². The third-order valence-electron chi connectivity index (χ3n) is 3.29. The summed E-state index contributed by atoms with van der Waals surface area (Å²) in [5.41, 5.74) is 2.04. The van der Waals surface area contributed by atoms with Crippen LogP contribution in [0.4, 0.5) is 11.4 Å². The number of hydrogen-bond donors (Lipinski definition) is 1. The van der Waals surface area contributed by atoms with Crippen LogP contribution in [0.25, 0.3) is 0 Å². The fraction of sp³-hybridized carbons (Fsp3) is 0. The first-order valence-corrected chi connectivity index (χ1v) is 9.63. The fourth-order valence-electron chi connectivity index (χ4n) is 2.05. The van der Waals surface area contributed by atoms with E-state index in [1.165, 1.54) is 18.3 Å². The summed E-state index contributed by atoms with van der Waals surface area (Å²) in [6.07, 6.45) is 4.76. The summed E-state index contributed by atoms with van der Waals surface area (Å²) in [5.74, 6) is 0. The normalized spacial score (nSPS) is 11.6. The fourth-order valence-corrected chi connectivity index (χ4v) is 3.35. The minimum atomic E-state index is -3.65. The number of anilines is 1. The van der Waals surface area contributed by atoms with Crippen molar-refractivity contribution in [1.82, 2.24) is 4.98 Å². The monoisotopic (exact) mass is 415 g/mol. The SMILES string of the molecule is O=S(=O)(Nc1cccnc1)c1ccc(N=Cc2ccc(Br)cc2)cc1. The molecule has 0 fully saturated rings. The van der Waals surface area contributed by atoms with E-state index in [1.54, 1.807) is 36.7 Å². The number of aromatic nitrogens is 1. The second-order valence-electron chi connectivity index (χ2n) is 5.15. The van der Waals surface area contributed by atoms with E-state index in [0.29, 0.717) is 11.4 Å². The summed E-state index contributed by atoms with van der Waals surface area (Å²) in [6.45, 7) is 0. The van der Waals surface area contributed by atoms with Crippen LogP contribution in [0.1, 0.15) is 5.56 Å². The number of aliphatic imine (C=N–C) groups is 1. The van der Waals surface area contributed by atoms with Gasteiger partial charge in [0.25, 0.3) is 10.0 Å². The van der Waals surface area contributed by atoms with Gasteiger partial charge < -0.3 is 0 Å². The molecule has 126 valence electrons. The highest BCUT2D eigenvalue weighted by Crippen LogP contribution is 2.19. The number of halogens is 1. The molecule has 0 radical (unpaired) electrons. The smallest absolute Gasteiger partial charge is 0.261 e. The van der Waals surface area contributed by atoms with Gasteiger partial charge in [-0.25, -0.2) is 8.42 Å². The van der Waals surface area contributed by atoms with Crippen molar-refractivity contribution in [2.45, 2.75) is 4.90 Å². The van der Waals surface area contributed by atoms with Crippen molar-refractivity contribution in [2.75, 3.05) is 4.72 Å². The Labute approximate surface area is 154 Å². The van der Waals surface area contributed by atoms with E-state index >= 15 is 0 Å². The molecule has 1 heterocycles. The number of sulfonamides is 1. The first kappa shape index (κ1) is 17.3. The molecule has 2 aromatic carbocycles. The van der Waals surface area contributed by atoms with Gasteiger partial charge in [0.05, 0.1) is 22.5 Å². The molecular formula is C18H14BrN3O2S. The van der Waals surface area contributed by atoms with Gasteiger partial charge in [-0.1, -0.05) is 28.1 Å². The Hall–Kier alpha value is -2.51. The highest BCUT2D eigenvalue weighted by molar-refractivity contribution is 9.10. The molecule has 3 aromatic rings. The Morgan fingerprint density at radius 2 is 1.72 bits per heavy atom. The minimum absolute atomic E-state index is 0.166. The topological polar surface area (TPSA) is 71.4 Å². The summed E-state index contributed by atoms with van der Waals surface area (Å²) in [6, 6.07) is 17.4. The van der Waals surface area contributed by atoms with E-state index < -0.39 is 10.0 Å². The summed E-state index contributed by atoms with van der Waals surface area (Å²) in [4.78, 5) is 8.40. The van der Waals surface area contributed by atoms with Gasteiger partial charge >= 0.3 is 0 Å². The van der Waals surface area contributed by atoms with Gasteiger partial charge in [0.1, 0.15) is 0 Å². The summed E-state index contributed by atoms with van der Waals surface area (Å²) >= 11 is 3.38. The lowest BCUT2D eigenvalue weighted by Crippen LogP contribution is -2.12. The third-order valence-corrected chi connectivity index (χ3v) is 5.22. The first-order valence-electron chi connectivity index (χ1n) is 7.35. The van der Waals surface area contributed by atoms with Gasteiger partial charge in [-0.3, -0.25) is 14.7 Å². The summed E-state index contributed by atoms with van der Waals surface area (Å²) < 4.78 is 28.2. The largest absolute Gasteiger partial charge is 0.278 e. The maximum Gasteiger partial charge on any atom is 0.261 e. The highest BCUT2D eigenvalue weighted by atomic mass is 79.9. The average Bonchev–Trinajstić information content (AvgIpc) is 2.62. The molecule has 0 atom stereocenters. The van der Waals surface area contributed by atoms with E-state index in [0.717, 1.165) is 10.0 Å². The third kappa shape index (κ3) is 4.74. The van der Waals surface area contributed by atoms with E-state index in [4.69, 9.17) is 0 Å². The number of rotatable bonds is 5. The lowest BCUT2D eigenvalue weighted by atomic mass is 10.2. The van der Waals surface area contributed by atoms with Gasteiger partial charge in [0.2, 0.25) is 0 Å². The molecule has 25 heavy (non-hydrogen) atoms. The Morgan fingerprint density at radius 1 is 1.00 bits per heavy atom. The molecule has 5 nitrogen and oxygen atoms in total. The molecule has 0 amide bonds. The number of nitrogens with zero attached hydrogens (tertiary/aromatic N) is 2. The molecule has 0 aliphatic heterocycles. The number of benzene rings is 2. The molecule has 1 N–H and O–H groups in total. The van der Waals surface area contributed by atoms with Crippen molar-refractivity contribution in [3.63, 3.8) is 0 Å². The van der Waals surface area contributed by atoms with Crippen LogP contribution in [0, 0.1) is 0 Å². The molecule has 0 aliphatic carbocycles. The number of pyridine rings is 1. The maximum atomic E-state index is 12.3. The predicted molar refractivity (Wildman–Crippen MR) is 103 cm³/mol. The van der Waals surface area contributed by atoms with Crippen LogP contribution in [0.15, 0.2) is 87.4 Å². The molecule has 0 unspecified atom stereocenters. The second kappa shape index (κ2) is 7.58. The van der Waals surface area contributed by atoms with Crippen LogP contribution < -0.4 is 4.72 Å². The van der Waals surface area contributed by atoms with Crippen molar-refractivity contribution in [1.29, 1.82) is 0 Å². The number of hydrogen-bond acceptors (Lipinski definition) is 4. The molecular weight excluding hydrogens is 402 g/mol. The summed E-state index contributed by atoms with van der Waals surface area (Å²) in [5, 5.41) is 0. The zero-order chi connectivity index (χ0) is 17.7. The lowest BCUT2D eigenvalue weighted by Gasteiger charge is -2.07. The molecule has 0 aliphatic rings. The quantitative estimate of drug-likeness (QED) is 0.627. The van der Waals surface area contributed by atoms with Crippen molar-refractivity contribution < 1.29 is 8.42 Å². The summed E-state index contributed by atoms with van der Waals surface area (Å²) in [7, 11) is -3.65. The van der Waals surface area contributed by atoms with Gasteiger partial charge in [0.15, 0.2) is 0 Å². The maximum absolute atomic E-state index is 12.3. The van der Waals surface area contributed by atoms with Gasteiger partial charge in [-0.15, -0.1) is 0 Å². The van der Waals surface area contributed by atoms with E-state index in [1.807, 2.05) is 24.3 Å². The second-order valence-corrected chi connectivity index (χ2v) is 7.75. The minimum Gasteiger partial charge on any atom is -0.278 e. The zero-order valence-electron chi connectivity index (χ0n) is 13.0. The van der Waals surface area contributed by atoms with Crippen LogP contribution >= 0.6 is 15.9 Å². The number of nitrogens with one attached hydrogen (secondary N) is 1. The standard InChI is InChI=1S/C18H14BrN3O2S/c19-15-5-3-14(4-6-15)12-21-16-7-9-18(10-8-16)25(23,24)22-17-2-1-11-20-13-17/h1-13,22H. The molecule has 0 saturated heterocycles. The van der Waals surface area contributed by atoms with Crippen molar-refractivity contribution in [2.24, 2.45) is 4.99 Å². The van der Waals surface area contributed by atoms with Crippen LogP contribution in [-0.2, 0) is 10.0 Å². The van der Waals surface area contributed by atoms with Crippen molar-refractivity contribution in [3.8, 4) is 0 Å². The van der Waals surface area contributed by atoms with Crippen LogP contribution in [0.5, 0.6) is 0 Å². The van der Waals surface area contributed by atoms with Crippen molar-refractivity contribution in [3.05, 3.63) is 83.1 Å². The Balaban J connectivity index is 1.74. The molecule has 0 bridgehead atoms. The van der Waals surface area contributed by atoms with E-state index in [2.05, 4.69) is 30.6 Å². The molecule has 0 spiro atoms. The van der Waals surface area contributed by atoms with Crippen LogP contribution in [0.3, 0.4) is 0 Å². The molecule has 1 aromatic heterocycles. The zero-order valence-corrected chi connectivity index (χ0v) is 15.4. The lowest BCUT2D eigenvalue weighted by molar-refractivity contribution is 0.601. The van der Waals surface area contributed by atoms with Crippen LogP contribution in [0.2, 0.25) is 0 Å². The molecule has 7 heteroatoms. The molecule has 3 rings (SSSR count). The highest BCUT2D eigenvalue weighted by Gasteiger charge is 2.13. The van der Waals surface area contributed by atoms with Gasteiger partial charge in [0, 0.05) is 16.9 Å². The first-order chi connectivity index (χ1) is 12.0. The molecule has 0 saturated carbocycles. The average molecular weight is 416 g/mol. The Kier molecular flexibility index (Phi) is 5.25. The van der Waals surface area contributed by atoms with E-state index in [9.17, 15) is 8.42 Å². The predicted octanol–water partition coefficient (Wildman–Crippen LogP) is 4.40. The Bertz CT molecular complexity index is 971. The van der Waals surface area contributed by atoms with Crippen molar-refractivity contribution >= 4 is 43.5 Å². The van der Waals surface area contributed by atoms with Gasteiger partial charge in [-0.2, -0.15) is 0 Å². The van der Waals surface area contributed by atoms with E-state index in [-0.39, 0.29) is 4.90 Å².